The van der Waals surface area contributed by atoms with E-state index in [0.29, 0.717) is 0 Å². The van der Waals surface area contributed by atoms with Crippen LogP contribution in [0.25, 0.3) is 0 Å². The Morgan fingerprint density at radius 2 is 2.38 bits per heavy atom. The molecule has 0 aliphatic heterocycles. The molecule has 0 saturated heterocycles. The summed E-state index contributed by atoms with van der Waals surface area (Å²) in [6.45, 7) is 4.51. The lowest BCUT2D eigenvalue weighted by molar-refractivity contribution is 0.179. The smallest absolute Gasteiger partial charge is 0.0822 e. The molecule has 0 aliphatic carbocycles. The standard InChI is InChI=1S/C9H17N3O/c1-7(13)4-3-5-12-6-9(10)8(2)11-12/h6-7,13H,3-5,10H2,1-2H3. The zero-order valence-corrected chi connectivity index (χ0v) is 8.20. The molecule has 0 aromatic carbocycles. The molecule has 0 bridgehead atoms. The maximum Gasteiger partial charge on any atom is 0.0822 e. The second-order valence-corrected chi connectivity index (χ2v) is 3.42. The number of rotatable bonds is 4. The topological polar surface area (TPSA) is 64.1 Å². The predicted molar refractivity (Wildman–Crippen MR) is 52.3 cm³/mol. The SMILES string of the molecule is Cc1nn(CCCC(C)O)cc1N. The zero-order chi connectivity index (χ0) is 9.84. The van der Waals surface area contributed by atoms with Crippen LogP contribution >= 0.6 is 0 Å². The Bertz CT molecular complexity index is 248. The lowest BCUT2D eigenvalue weighted by Crippen LogP contribution is -2.04. The quantitative estimate of drug-likeness (QED) is 0.730. The molecular weight excluding hydrogens is 166 g/mol. The second-order valence-electron chi connectivity index (χ2n) is 3.42. The van der Waals surface area contributed by atoms with E-state index < -0.39 is 0 Å². The Kier molecular flexibility index (Phi) is 3.31. The number of hydrogen-bond acceptors (Lipinski definition) is 3. The summed E-state index contributed by atoms with van der Waals surface area (Å²) in [5.41, 5.74) is 7.25. The van der Waals surface area contributed by atoms with Crippen molar-refractivity contribution in [2.24, 2.45) is 0 Å². The summed E-state index contributed by atoms with van der Waals surface area (Å²) in [5, 5.41) is 13.3. The molecule has 0 radical (unpaired) electrons. The summed E-state index contributed by atoms with van der Waals surface area (Å²) >= 11 is 0. The second kappa shape index (κ2) is 4.28. The highest BCUT2D eigenvalue weighted by Crippen LogP contribution is 2.07. The first-order chi connectivity index (χ1) is 6.09. The number of nitrogens with zero attached hydrogens (tertiary/aromatic N) is 2. The van der Waals surface area contributed by atoms with Gasteiger partial charge in [0.2, 0.25) is 0 Å². The van der Waals surface area contributed by atoms with Gasteiger partial charge in [0.25, 0.3) is 0 Å². The van der Waals surface area contributed by atoms with Crippen molar-refractivity contribution in [1.82, 2.24) is 9.78 Å². The third-order valence-corrected chi connectivity index (χ3v) is 1.99. The first-order valence-corrected chi connectivity index (χ1v) is 4.57. The Morgan fingerprint density at radius 1 is 1.69 bits per heavy atom. The van der Waals surface area contributed by atoms with Crippen LogP contribution in [-0.2, 0) is 6.54 Å². The maximum atomic E-state index is 9.04. The predicted octanol–water partition coefficient (Wildman–Crippen LogP) is 0.935. The molecule has 4 heteroatoms. The van der Waals surface area contributed by atoms with Gasteiger partial charge >= 0.3 is 0 Å². The molecule has 1 aromatic rings. The summed E-state index contributed by atoms with van der Waals surface area (Å²) in [6.07, 6.45) is 3.34. The number of hydrogen-bond donors (Lipinski definition) is 2. The highest BCUT2D eigenvalue weighted by Gasteiger charge is 2.01. The molecular formula is C9H17N3O. The average Bonchev–Trinajstić information content (AvgIpc) is 2.30. The fourth-order valence-corrected chi connectivity index (χ4v) is 1.20. The number of nitrogens with two attached hydrogens (primary N) is 1. The van der Waals surface area contributed by atoms with Crippen LogP contribution in [-0.4, -0.2) is 21.0 Å². The lowest BCUT2D eigenvalue weighted by atomic mass is 10.2. The van der Waals surface area contributed by atoms with E-state index >= 15 is 0 Å². The molecule has 1 atom stereocenters. The van der Waals surface area contributed by atoms with Gasteiger partial charge in [-0.1, -0.05) is 0 Å². The molecule has 4 nitrogen and oxygen atoms in total. The van der Waals surface area contributed by atoms with Crippen LogP contribution in [0, 0.1) is 6.92 Å². The number of aliphatic hydroxyl groups is 1. The van der Waals surface area contributed by atoms with E-state index in [1.54, 1.807) is 6.92 Å². The molecule has 74 valence electrons. The van der Waals surface area contributed by atoms with Gasteiger partial charge in [-0.25, -0.2) is 0 Å². The molecule has 0 fully saturated rings. The minimum absolute atomic E-state index is 0.228. The molecule has 1 unspecified atom stereocenters. The molecule has 0 aliphatic rings. The number of nitrogen functional groups attached to an aromatic ring is 1. The summed E-state index contributed by atoms with van der Waals surface area (Å²) < 4.78 is 1.83. The largest absolute Gasteiger partial charge is 0.396 e. The number of aryl methyl sites for hydroxylation is 2. The van der Waals surface area contributed by atoms with E-state index in [9.17, 15) is 0 Å². The molecule has 1 rings (SSSR count). The monoisotopic (exact) mass is 183 g/mol. The Morgan fingerprint density at radius 3 is 2.85 bits per heavy atom. The van der Waals surface area contributed by atoms with Crippen molar-refractivity contribution in [3.63, 3.8) is 0 Å². The van der Waals surface area contributed by atoms with Crippen molar-refractivity contribution in [2.45, 2.75) is 39.3 Å². The van der Waals surface area contributed by atoms with E-state index in [2.05, 4.69) is 5.10 Å². The van der Waals surface area contributed by atoms with Gasteiger partial charge in [0.05, 0.1) is 17.5 Å². The number of anilines is 1. The van der Waals surface area contributed by atoms with Gasteiger partial charge in [-0.15, -0.1) is 0 Å². The van der Waals surface area contributed by atoms with Crippen LogP contribution in [0.5, 0.6) is 0 Å². The minimum Gasteiger partial charge on any atom is -0.396 e. The van der Waals surface area contributed by atoms with Crippen LogP contribution < -0.4 is 5.73 Å². The summed E-state index contributed by atoms with van der Waals surface area (Å²) in [4.78, 5) is 0. The zero-order valence-electron chi connectivity index (χ0n) is 8.20. The normalized spacial score (nSPS) is 13.2. The van der Waals surface area contributed by atoms with Crippen LogP contribution in [0.1, 0.15) is 25.5 Å². The van der Waals surface area contributed by atoms with E-state index in [0.717, 1.165) is 30.8 Å². The first-order valence-electron chi connectivity index (χ1n) is 4.57. The molecule has 0 amide bonds. The minimum atomic E-state index is -0.228. The van der Waals surface area contributed by atoms with Gasteiger partial charge in [-0.2, -0.15) is 5.10 Å². The molecule has 1 aromatic heterocycles. The maximum absolute atomic E-state index is 9.04. The summed E-state index contributed by atoms with van der Waals surface area (Å²) in [5.74, 6) is 0. The van der Waals surface area contributed by atoms with Crippen molar-refractivity contribution in [1.29, 1.82) is 0 Å². The van der Waals surface area contributed by atoms with Gasteiger partial charge < -0.3 is 10.8 Å². The van der Waals surface area contributed by atoms with E-state index in [1.165, 1.54) is 0 Å². The highest BCUT2D eigenvalue weighted by atomic mass is 16.3. The summed E-state index contributed by atoms with van der Waals surface area (Å²) in [7, 11) is 0. The summed E-state index contributed by atoms with van der Waals surface area (Å²) in [6, 6.07) is 0. The molecule has 0 spiro atoms. The number of aliphatic hydroxyl groups excluding tert-OH is 1. The van der Waals surface area contributed by atoms with Crippen molar-refractivity contribution >= 4 is 5.69 Å². The fraction of sp³-hybridized carbons (Fsp3) is 0.667. The van der Waals surface area contributed by atoms with Crippen molar-refractivity contribution < 1.29 is 5.11 Å². The van der Waals surface area contributed by atoms with Gasteiger partial charge in [0, 0.05) is 12.7 Å². The van der Waals surface area contributed by atoms with Crippen molar-refractivity contribution in [3.8, 4) is 0 Å². The van der Waals surface area contributed by atoms with Gasteiger partial charge in [0.1, 0.15) is 0 Å². The van der Waals surface area contributed by atoms with Gasteiger partial charge in [0.15, 0.2) is 0 Å². The van der Waals surface area contributed by atoms with Crippen LogP contribution in [0.15, 0.2) is 6.20 Å². The van der Waals surface area contributed by atoms with E-state index in [1.807, 2.05) is 17.8 Å². The molecule has 0 saturated carbocycles. The third-order valence-electron chi connectivity index (χ3n) is 1.99. The van der Waals surface area contributed by atoms with Crippen molar-refractivity contribution in [2.75, 3.05) is 5.73 Å². The fourth-order valence-electron chi connectivity index (χ4n) is 1.20. The van der Waals surface area contributed by atoms with Crippen LogP contribution in [0.3, 0.4) is 0 Å². The Hall–Kier alpha value is -1.03. The first kappa shape index (κ1) is 10.1. The molecule has 13 heavy (non-hydrogen) atoms. The highest BCUT2D eigenvalue weighted by molar-refractivity contribution is 5.39. The molecule has 3 N–H and O–H groups in total. The van der Waals surface area contributed by atoms with Gasteiger partial charge in [-0.3, -0.25) is 4.68 Å². The third kappa shape index (κ3) is 3.06. The molecule has 1 heterocycles. The van der Waals surface area contributed by atoms with Crippen LogP contribution in [0.4, 0.5) is 5.69 Å². The van der Waals surface area contributed by atoms with E-state index in [-0.39, 0.29) is 6.10 Å². The Labute approximate surface area is 78.4 Å². The Balaban J connectivity index is 2.37. The number of aromatic nitrogens is 2. The lowest BCUT2D eigenvalue weighted by Gasteiger charge is -2.03. The van der Waals surface area contributed by atoms with Crippen molar-refractivity contribution in [3.05, 3.63) is 11.9 Å². The van der Waals surface area contributed by atoms with Gasteiger partial charge in [-0.05, 0) is 26.7 Å². The average molecular weight is 183 g/mol. The van der Waals surface area contributed by atoms with E-state index in [4.69, 9.17) is 10.8 Å². The van der Waals surface area contributed by atoms with Crippen LogP contribution in [0.2, 0.25) is 0 Å².